The molecule has 2 aromatic rings. The Hall–Kier alpha value is -2.09. The van der Waals surface area contributed by atoms with Gasteiger partial charge in [-0.1, -0.05) is 25.2 Å². The molecule has 2 heterocycles. The summed E-state index contributed by atoms with van der Waals surface area (Å²) in [5.74, 6) is 0. The number of rotatable bonds is 5. The van der Waals surface area contributed by atoms with E-state index >= 15 is 0 Å². The number of aromatic nitrogens is 2. The van der Waals surface area contributed by atoms with Crippen molar-refractivity contribution < 1.29 is 0 Å². The molecule has 0 saturated carbocycles. The molecule has 0 atom stereocenters. The van der Waals surface area contributed by atoms with E-state index in [-0.39, 0.29) is 0 Å². The van der Waals surface area contributed by atoms with Gasteiger partial charge in [-0.3, -0.25) is 4.98 Å². The number of nitrogens with zero attached hydrogens (tertiary/aromatic N) is 1. The van der Waals surface area contributed by atoms with E-state index in [1.165, 1.54) is 22.4 Å². The molecule has 0 aliphatic heterocycles. The predicted octanol–water partition coefficient (Wildman–Crippen LogP) is 4.46. The molecule has 0 amide bonds. The van der Waals surface area contributed by atoms with Crippen molar-refractivity contribution in [2.75, 3.05) is 0 Å². The second-order valence-corrected chi connectivity index (χ2v) is 4.48. The molecule has 0 fully saturated rings. The quantitative estimate of drug-likeness (QED) is 0.836. The van der Waals surface area contributed by atoms with Gasteiger partial charge in [-0.15, -0.1) is 0 Å². The summed E-state index contributed by atoms with van der Waals surface area (Å²) in [4.78, 5) is 7.42. The minimum absolute atomic E-state index is 0.929. The molecule has 0 bridgehead atoms. The standard InChI is InChI=1S/C17H20N2/c1-3-5-7-17-16(6-4-2)15(13-19-17)12-14-8-10-18-11-9-14/h4-11,13,19H,3,12H2,1-2H3/b6-4-,7-5-. The molecule has 98 valence electrons. The van der Waals surface area contributed by atoms with E-state index < -0.39 is 0 Å². The van der Waals surface area contributed by atoms with Crippen LogP contribution >= 0.6 is 0 Å². The van der Waals surface area contributed by atoms with Gasteiger partial charge in [0.15, 0.2) is 0 Å². The van der Waals surface area contributed by atoms with Gasteiger partial charge in [-0.2, -0.15) is 0 Å². The van der Waals surface area contributed by atoms with E-state index in [9.17, 15) is 0 Å². The predicted molar refractivity (Wildman–Crippen MR) is 81.9 cm³/mol. The molecule has 0 spiro atoms. The van der Waals surface area contributed by atoms with E-state index in [2.05, 4.69) is 66.4 Å². The van der Waals surface area contributed by atoms with Crippen LogP contribution in [-0.2, 0) is 6.42 Å². The van der Waals surface area contributed by atoms with Crippen molar-refractivity contribution in [2.45, 2.75) is 26.7 Å². The van der Waals surface area contributed by atoms with Crippen LogP contribution in [0.1, 0.15) is 42.7 Å². The molecule has 0 aliphatic rings. The summed E-state index contributed by atoms with van der Waals surface area (Å²) in [7, 11) is 0. The lowest BCUT2D eigenvalue weighted by atomic mass is 10.0. The first kappa shape index (κ1) is 13.3. The molecule has 0 aromatic carbocycles. The Morgan fingerprint density at radius 2 is 2.00 bits per heavy atom. The van der Waals surface area contributed by atoms with Crippen molar-refractivity contribution in [1.29, 1.82) is 0 Å². The van der Waals surface area contributed by atoms with Crippen molar-refractivity contribution in [3.05, 3.63) is 65.3 Å². The Bertz CT molecular complexity index is 562. The molecule has 0 aliphatic carbocycles. The van der Waals surface area contributed by atoms with Crippen molar-refractivity contribution in [2.24, 2.45) is 0 Å². The Labute approximate surface area is 114 Å². The highest BCUT2D eigenvalue weighted by molar-refractivity contribution is 5.66. The SMILES string of the molecule is C/C=C\c1c(Cc2ccncc2)c[nH]c1/C=C\CC. The molecule has 19 heavy (non-hydrogen) atoms. The van der Waals surface area contributed by atoms with E-state index in [0.29, 0.717) is 0 Å². The number of nitrogens with one attached hydrogen (secondary N) is 1. The maximum Gasteiger partial charge on any atom is 0.0453 e. The Morgan fingerprint density at radius 1 is 1.21 bits per heavy atom. The van der Waals surface area contributed by atoms with Crippen molar-refractivity contribution in [1.82, 2.24) is 9.97 Å². The van der Waals surface area contributed by atoms with Gasteiger partial charge >= 0.3 is 0 Å². The maximum absolute atomic E-state index is 4.06. The van der Waals surface area contributed by atoms with Gasteiger partial charge in [0.1, 0.15) is 0 Å². The number of hydrogen-bond donors (Lipinski definition) is 1. The normalized spacial score (nSPS) is 11.7. The van der Waals surface area contributed by atoms with Crippen LogP contribution in [0.5, 0.6) is 0 Å². The van der Waals surface area contributed by atoms with Crippen molar-refractivity contribution >= 4 is 12.2 Å². The largest absolute Gasteiger partial charge is 0.361 e. The van der Waals surface area contributed by atoms with Crippen LogP contribution in [-0.4, -0.2) is 9.97 Å². The first-order chi connectivity index (χ1) is 9.35. The lowest BCUT2D eigenvalue weighted by Crippen LogP contribution is -1.89. The lowest BCUT2D eigenvalue weighted by molar-refractivity contribution is 1.16. The summed E-state index contributed by atoms with van der Waals surface area (Å²) in [6.45, 7) is 4.20. The fourth-order valence-corrected chi connectivity index (χ4v) is 2.10. The number of hydrogen-bond acceptors (Lipinski definition) is 1. The van der Waals surface area contributed by atoms with E-state index in [4.69, 9.17) is 0 Å². The summed E-state index contributed by atoms with van der Waals surface area (Å²) in [6, 6.07) is 4.13. The van der Waals surface area contributed by atoms with Crippen LogP contribution in [0.3, 0.4) is 0 Å². The molecule has 2 heteroatoms. The third-order valence-corrected chi connectivity index (χ3v) is 3.04. The zero-order valence-corrected chi connectivity index (χ0v) is 11.6. The van der Waals surface area contributed by atoms with Gasteiger partial charge in [0.2, 0.25) is 0 Å². The van der Waals surface area contributed by atoms with Crippen LogP contribution in [0.4, 0.5) is 0 Å². The minimum Gasteiger partial charge on any atom is -0.361 e. The second-order valence-electron chi connectivity index (χ2n) is 4.48. The summed E-state index contributed by atoms with van der Waals surface area (Å²) >= 11 is 0. The van der Waals surface area contributed by atoms with Gasteiger partial charge in [0.05, 0.1) is 0 Å². The smallest absolute Gasteiger partial charge is 0.0453 e. The maximum atomic E-state index is 4.06. The van der Waals surface area contributed by atoms with Crippen LogP contribution in [0.2, 0.25) is 0 Å². The van der Waals surface area contributed by atoms with Gasteiger partial charge in [-0.25, -0.2) is 0 Å². The Morgan fingerprint density at radius 3 is 2.68 bits per heavy atom. The number of H-pyrrole nitrogens is 1. The molecule has 2 aromatic heterocycles. The molecule has 0 saturated heterocycles. The fourth-order valence-electron chi connectivity index (χ4n) is 2.10. The van der Waals surface area contributed by atoms with Crippen LogP contribution in [0.15, 0.2) is 42.9 Å². The van der Waals surface area contributed by atoms with Gasteiger partial charge in [-0.05, 0) is 49.1 Å². The number of pyridine rings is 1. The van der Waals surface area contributed by atoms with Crippen LogP contribution < -0.4 is 0 Å². The van der Waals surface area contributed by atoms with E-state index in [0.717, 1.165) is 12.8 Å². The first-order valence-electron chi connectivity index (χ1n) is 6.73. The number of aromatic amines is 1. The van der Waals surface area contributed by atoms with Gasteiger partial charge in [0.25, 0.3) is 0 Å². The first-order valence-corrected chi connectivity index (χ1v) is 6.73. The van der Waals surface area contributed by atoms with Crippen molar-refractivity contribution in [3.63, 3.8) is 0 Å². The summed E-state index contributed by atoms with van der Waals surface area (Å²) in [6.07, 6.45) is 16.4. The van der Waals surface area contributed by atoms with E-state index in [1.807, 2.05) is 12.4 Å². The highest BCUT2D eigenvalue weighted by Crippen LogP contribution is 2.21. The van der Waals surface area contributed by atoms with Gasteiger partial charge < -0.3 is 4.98 Å². The fraction of sp³-hybridized carbons (Fsp3) is 0.235. The average Bonchev–Trinajstić information content (AvgIpc) is 2.81. The summed E-state index contributed by atoms with van der Waals surface area (Å²) in [5, 5.41) is 0. The molecule has 2 rings (SSSR count). The van der Waals surface area contributed by atoms with Crippen LogP contribution in [0.25, 0.3) is 12.2 Å². The highest BCUT2D eigenvalue weighted by Gasteiger charge is 2.07. The Balaban J connectivity index is 2.30. The summed E-state index contributed by atoms with van der Waals surface area (Å²) in [5.41, 5.74) is 5.07. The molecule has 2 nitrogen and oxygen atoms in total. The lowest BCUT2D eigenvalue weighted by Gasteiger charge is -2.01. The molecule has 1 N–H and O–H groups in total. The zero-order valence-electron chi connectivity index (χ0n) is 11.6. The van der Waals surface area contributed by atoms with Crippen molar-refractivity contribution in [3.8, 4) is 0 Å². The third kappa shape index (κ3) is 3.44. The topological polar surface area (TPSA) is 28.7 Å². The molecular formula is C17H20N2. The molecular weight excluding hydrogens is 232 g/mol. The zero-order chi connectivity index (χ0) is 13.5. The highest BCUT2D eigenvalue weighted by atomic mass is 14.7. The van der Waals surface area contributed by atoms with Gasteiger partial charge in [0, 0.05) is 29.8 Å². The second kappa shape index (κ2) is 6.74. The molecule has 0 radical (unpaired) electrons. The van der Waals surface area contributed by atoms with Crippen LogP contribution in [0, 0.1) is 0 Å². The number of allylic oxidation sites excluding steroid dienone is 2. The third-order valence-electron chi connectivity index (χ3n) is 3.04. The average molecular weight is 252 g/mol. The van der Waals surface area contributed by atoms with E-state index in [1.54, 1.807) is 0 Å². The Kier molecular flexibility index (Phi) is 4.73. The molecule has 0 unspecified atom stereocenters. The minimum atomic E-state index is 0.929. The monoisotopic (exact) mass is 252 g/mol. The summed E-state index contributed by atoms with van der Waals surface area (Å²) < 4.78 is 0.